The van der Waals surface area contributed by atoms with Gasteiger partial charge in [0.1, 0.15) is 0 Å². The predicted octanol–water partition coefficient (Wildman–Crippen LogP) is 2.88. The molecule has 5 nitrogen and oxygen atoms in total. The maximum Gasteiger partial charge on any atom is 0.231 e. The molecule has 0 aromatic heterocycles. The van der Waals surface area contributed by atoms with Crippen LogP contribution in [0.5, 0.6) is 23.0 Å². The lowest BCUT2D eigenvalue weighted by molar-refractivity contribution is 0.174. The molecule has 124 valence electrons. The van der Waals surface area contributed by atoms with E-state index in [1.165, 1.54) is 11.1 Å². The van der Waals surface area contributed by atoms with E-state index in [1.807, 2.05) is 12.1 Å². The molecular formula is C19H19NO4. The second-order valence-corrected chi connectivity index (χ2v) is 6.69. The number of phenolic OH excluding ortho intramolecular Hbond substituents is 1. The Bertz CT molecular complexity index is 861. The molecule has 2 aliphatic heterocycles. The Kier molecular flexibility index (Phi) is 2.80. The van der Waals surface area contributed by atoms with Gasteiger partial charge in [-0.05, 0) is 60.3 Å². The monoisotopic (exact) mass is 325 g/mol. The Balaban J connectivity index is 1.85. The molecule has 2 aromatic carbocycles. The van der Waals surface area contributed by atoms with E-state index in [0.29, 0.717) is 11.8 Å². The number of ether oxygens (including phenoxy) is 3. The van der Waals surface area contributed by atoms with E-state index in [-0.39, 0.29) is 12.5 Å². The molecule has 0 spiro atoms. The van der Waals surface area contributed by atoms with Crippen molar-refractivity contribution in [3.63, 3.8) is 0 Å². The minimum absolute atomic E-state index is 0.183. The van der Waals surface area contributed by atoms with E-state index in [9.17, 15) is 5.11 Å². The van der Waals surface area contributed by atoms with Gasteiger partial charge >= 0.3 is 0 Å². The predicted molar refractivity (Wildman–Crippen MR) is 89.0 cm³/mol. The number of fused-ring (bicyclic) bond motifs is 4. The van der Waals surface area contributed by atoms with Crippen molar-refractivity contribution in [2.75, 3.05) is 27.5 Å². The van der Waals surface area contributed by atoms with Crippen molar-refractivity contribution in [3.05, 3.63) is 34.9 Å². The average Bonchev–Trinajstić information content (AvgIpc) is 3.05. The fourth-order valence-corrected chi connectivity index (χ4v) is 4.28. The Morgan fingerprint density at radius 2 is 2.08 bits per heavy atom. The molecule has 0 unspecified atom stereocenters. The molecule has 0 saturated carbocycles. The smallest absolute Gasteiger partial charge is 0.231 e. The summed E-state index contributed by atoms with van der Waals surface area (Å²) in [4.78, 5) is 2.39. The largest absolute Gasteiger partial charge is 0.504 e. The van der Waals surface area contributed by atoms with Gasteiger partial charge in [0.15, 0.2) is 23.0 Å². The van der Waals surface area contributed by atoms with Gasteiger partial charge in [-0.2, -0.15) is 0 Å². The lowest BCUT2D eigenvalue weighted by Crippen LogP contribution is -2.35. The molecule has 0 amide bonds. The highest BCUT2D eigenvalue weighted by molar-refractivity contribution is 5.85. The van der Waals surface area contributed by atoms with E-state index in [2.05, 4.69) is 18.0 Å². The topological polar surface area (TPSA) is 51.2 Å². The number of nitrogens with zero attached hydrogens (tertiary/aromatic N) is 1. The fraction of sp³-hybridized carbons (Fsp3) is 0.368. The third-order valence-electron chi connectivity index (χ3n) is 5.48. The molecular weight excluding hydrogens is 306 g/mol. The van der Waals surface area contributed by atoms with Gasteiger partial charge in [-0.1, -0.05) is 0 Å². The average molecular weight is 325 g/mol. The zero-order chi connectivity index (χ0) is 16.4. The number of hydrogen-bond donors (Lipinski definition) is 1. The summed E-state index contributed by atoms with van der Waals surface area (Å²) in [7, 11) is 3.74. The van der Waals surface area contributed by atoms with Crippen LogP contribution >= 0.6 is 0 Å². The lowest BCUT2D eigenvalue weighted by atomic mass is 9.76. The van der Waals surface area contributed by atoms with E-state index >= 15 is 0 Å². The van der Waals surface area contributed by atoms with Gasteiger partial charge in [-0.15, -0.1) is 0 Å². The van der Waals surface area contributed by atoms with E-state index in [4.69, 9.17) is 14.2 Å². The van der Waals surface area contributed by atoms with Crippen molar-refractivity contribution >= 4 is 0 Å². The second-order valence-electron chi connectivity index (χ2n) is 6.69. The number of methoxy groups -OCH3 is 1. The number of phenols is 1. The van der Waals surface area contributed by atoms with Crippen LogP contribution in [0.25, 0.3) is 11.1 Å². The van der Waals surface area contributed by atoms with Crippen LogP contribution in [0.15, 0.2) is 18.2 Å². The Hall–Kier alpha value is -2.40. The third kappa shape index (κ3) is 1.73. The lowest BCUT2D eigenvalue weighted by Gasteiger charge is -2.40. The summed E-state index contributed by atoms with van der Waals surface area (Å²) < 4.78 is 16.8. The first-order valence-corrected chi connectivity index (χ1v) is 8.23. The van der Waals surface area contributed by atoms with Crippen molar-refractivity contribution in [2.24, 2.45) is 0 Å². The molecule has 2 heterocycles. The standard InChI is InChI=1S/C19H19NO4/c1-20-4-3-10-7-16-19(24-9-23-16)18-12-8-15(22-2)14(21)6-11(12)5-13(20)17(10)18/h6-8,13,21H,3-5,9H2,1-2H3/t13-/m0/s1. The second kappa shape index (κ2) is 4.80. The van der Waals surface area contributed by atoms with Crippen LogP contribution in [0.3, 0.4) is 0 Å². The highest BCUT2D eigenvalue weighted by atomic mass is 16.7. The molecule has 0 fully saturated rings. The summed E-state index contributed by atoms with van der Waals surface area (Å²) in [6.07, 6.45) is 1.89. The van der Waals surface area contributed by atoms with E-state index < -0.39 is 0 Å². The van der Waals surface area contributed by atoms with Crippen molar-refractivity contribution in [1.29, 1.82) is 0 Å². The zero-order valence-electron chi connectivity index (χ0n) is 13.8. The Morgan fingerprint density at radius 3 is 2.92 bits per heavy atom. The van der Waals surface area contributed by atoms with Gasteiger partial charge in [0.25, 0.3) is 0 Å². The summed E-state index contributed by atoms with van der Waals surface area (Å²) >= 11 is 0. The van der Waals surface area contributed by atoms with E-state index in [1.54, 1.807) is 7.11 Å². The van der Waals surface area contributed by atoms with Crippen molar-refractivity contribution in [1.82, 2.24) is 4.90 Å². The molecule has 0 saturated heterocycles. The highest BCUT2D eigenvalue weighted by Crippen LogP contribution is 2.54. The molecule has 1 N–H and O–H groups in total. The maximum absolute atomic E-state index is 10.2. The van der Waals surface area contributed by atoms with Crippen LogP contribution in [-0.4, -0.2) is 37.5 Å². The minimum Gasteiger partial charge on any atom is -0.504 e. The SMILES string of the molecule is COc1cc2c(cc1O)C[C@H]1c3c(cc4c(c3-2)OCO4)CCN1C. The summed E-state index contributed by atoms with van der Waals surface area (Å²) in [5.74, 6) is 2.32. The molecule has 0 radical (unpaired) electrons. The highest BCUT2D eigenvalue weighted by Gasteiger charge is 2.38. The Morgan fingerprint density at radius 1 is 1.21 bits per heavy atom. The van der Waals surface area contributed by atoms with Crippen LogP contribution in [0.4, 0.5) is 0 Å². The third-order valence-corrected chi connectivity index (χ3v) is 5.48. The summed E-state index contributed by atoms with van der Waals surface area (Å²) in [6, 6.07) is 6.20. The molecule has 1 aliphatic carbocycles. The van der Waals surface area contributed by atoms with Gasteiger partial charge in [0.05, 0.1) is 7.11 Å². The molecule has 5 rings (SSSR count). The summed E-state index contributed by atoms with van der Waals surface area (Å²) in [5.41, 5.74) is 5.99. The normalized spacial score (nSPS) is 20.5. The molecule has 5 heteroatoms. The van der Waals surface area contributed by atoms with Crippen molar-refractivity contribution < 1.29 is 19.3 Å². The molecule has 2 aromatic rings. The van der Waals surface area contributed by atoms with Gasteiger partial charge in [0.2, 0.25) is 6.79 Å². The van der Waals surface area contributed by atoms with E-state index in [0.717, 1.165) is 47.6 Å². The fourth-order valence-electron chi connectivity index (χ4n) is 4.28. The maximum atomic E-state index is 10.2. The number of hydrogen-bond acceptors (Lipinski definition) is 5. The van der Waals surface area contributed by atoms with Crippen LogP contribution in [0, 0.1) is 0 Å². The van der Waals surface area contributed by atoms with Gasteiger partial charge < -0.3 is 19.3 Å². The first kappa shape index (κ1) is 14.0. The number of benzene rings is 2. The van der Waals surface area contributed by atoms with Gasteiger partial charge in [-0.3, -0.25) is 4.90 Å². The van der Waals surface area contributed by atoms with Crippen LogP contribution in [0.1, 0.15) is 22.7 Å². The zero-order valence-corrected chi connectivity index (χ0v) is 13.8. The molecule has 24 heavy (non-hydrogen) atoms. The molecule has 3 aliphatic rings. The number of likely N-dealkylation sites (N-methyl/N-ethyl adjacent to an activating group) is 1. The van der Waals surface area contributed by atoms with Crippen molar-refractivity contribution in [2.45, 2.75) is 18.9 Å². The van der Waals surface area contributed by atoms with Gasteiger partial charge in [0, 0.05) is 18.2 Å². The molecule has 0 bridgehead atoms. The van der Waals surface area contributed by atoms with Crippen LogP contribution < -0.4 is 14.2 Å². The first-order valence-electron chi connectivity index (χ1n) is 8.23. The Labute approximate surface area is 140 Å². The molecule has 1 atom stereocenters. The summed E-state index contributed by atoms with van der Waals surface area (Å²) in [5, 5.41) is 10.2. The minimum atomic E-state index is 0.183. The first-order chi connectivity index (χ1) is 11.7. The number of rotatable bonds is 1. The number of aromatic hydroxyl groups is 1. The van der Waals surface area contributed by atoms with Crippen LogP contribution in [0.2, 0.25) is 0 Å². The quantitative estimate of drug-likeness (QED) is 0.874. The van der Waals surface area contributed by atoms with Crippen LogP contribution in [-0.2, 0) is 12.8 Å². The van der Waals surface area contributed by atoms with Gasteiger partial charge in [-0.25, -0.2) is 0 Å². The summed E-state index contributed by atoms with van der Waals surface area (Å²) in [6.45, 7) is 1.28. The van der Waals surface area contributed by atoms with Crippen molar-refractivity contribution in [3.8, 4) is 34.1 Å².